The summed E-state index contributed by atoms with van der Waals surface area (Å²) in [6.45, 7) is 7.40. The van der Waals surface area contributed by atoms with Crippen LogP contribution in [0.5, 0.6) is 0 Å². The first-order valence-corrected chi connectivity index (χ1v) is 14.0. The lowest BCUT2D eigenvalue weighted by atomic mass is 9.88. The number of Topliss-reactive ketones (excluding diaryl/α,β-unsaturated/α-hetero) is 1. The second-order valence-corrected chi connectivity index (χ2v) is 11.9. The van der Waals surface area contributed by atoms with E-state index in [1.54, 1.807) is 16.9 Å². The fourth-order valence-electron chi connectivity index (χ4n) is 3.82. The smallest absolute Gasteiger partial charge is 0.309 e. The van der Waals surface area contributed by atoms with Crippen LogP contribution >= 0.6 is 21.6 Å². The van der Waals surface area contributed by atoms with Gasteiger partial charge in [0, 0.05) is 30.3 Å². The molecule has 0 aliphatic carbocycles. The number of carbonyl (C=O) groups excluding carboxylic acids is 4. The molecule has 1 saturated heterocycles. The van der Waals surface area contributed by atoms with Gasteiger partial charge >= 0.3 is 5.97 Å². The molecule has 8 nitrogen and oxygen atoms in total. The Balaban J connectivity index is 2.47. The third kappa shape index (κ3) is 8.98. The fourth-order valence-corrected chi connectivity index (χ4v) is 5.98. The van der Waals surface area contributed by atoms with E-state index in [-0.39, 0.29) is 42.8 Å². The number of amides is 2. The molecule has 2 bridgehead atoms. The molecule has 10 heteroatoms. The normalized spacial score (nSPS) is 32.3. The first-order valence-electron chi connectivity index (χ1n) is 11.5. The van der Waals surface area contributed by atoms with E-state index in [0.29, 0.717) is 12.2 Å². The largest absolute Gasteiger partial charge is 0.458 e. The second-order valence-electron chi connectivity index (χ2n) is 9.26. The van der Waals surface area contributed by atoms with Gasteiger partial charge in [0.15, 0.2) is 0 Å². The van der Waals surface area contributed by atoms with Crippen molar-refractivity contribution in [1.29, 1.82) is 0 Å². The summed E-state index contributed by atoms with van der Waals surface area (Å²) in [6, 6.07) is -1.53. The molecule has 186 valence electrons. The maximum absolute atomic E-state index is 13.2. The van der Waals surface area contributed by atoms with Crippen LogP contribution in [0.3, 0.4) is 0 Å². The molecule has 5 atom stereocenters. The van der Waals surface area contributed by atoms with E-state index in [0.717, 1.165) is 5.75 Å². The number of carbonyl (C=O) groups is 4. The lowest BCUT2D eigenvalue weighted by Gasteiger charge is -2.30. The molecular formula is C23H36N2O6S2. The van der Waals surface area contributed by atoms with Gasteiger partial charge in [0.05, 0.1) is 18.6 Å². The van der Waals surface area contributed by atoms with Crippen LogP contribution in [-0.4, -0.2) is 64.5 Å². The van der Waals surface area contributed by atoms with E-state index in [1.165, 1.54) is 10.8 Å². The maximum atomic E-state index is 13.2. The lowest BCUT2D eigenvalue weighted by molar-refractivity contribution is -0.151. The summed E-state index contributed by atoms with van der Waals surface area (Å²) in [4.78, 5) is 51.7. The highest BCUT2D eigenvalue weighted by atomic mass is 33.1. The van der Waals surface area contributed by atoms with E-state index in [4.69, 9.17) is 4.74 Å². The summed E-state index contributed by atoms with van der Waals surface area (Å²) in [6.07, 6.45) is 2.03. The van der Waals surface area contributed by atoms with Crippen LogP contribution in [0.2, 0.25) is 0 Å². The topological polar surface area (TPSA) is 122 Å². The van der Waals surface area contributed by atoms with Crippen LogP contribution in [0.1, 0.15) is 53.4 Å². The molecule has 2 heterocycles. The number of aliphatic hydroxyl groups is 1. The molecule has 0 radical (unpaired) electrons. The van der Waals surface area contributed by atoms with Crippen LogP contribution in [-0.2, 0) is 23.9 Å². The molecule has 33 heavy (non-hydrogen) atoms. The average Bonchev–Trinajstić information content (AvgIpc) is 2.72. The Morgan fingerprint density at radius 3 is 2.36 bits per heavy atom. The molecule has 2 amide bonds. The highest BCUT2D eigenvalue weighted by molar-refractivity contribution is 8.76. The molecule has 0 aromatic rings. The first kappa shape index (κ1) is 27.7. The number of ether oxygens (including phenoxy) is 1. The standard InChI is InChI=1S/C23H36N2O6S2/c1-13(2)17-10-15(26)9-16-7-5-6-8-32-33-12-18(24-22(17)29)23(30)25-21(14(3)4)19(27)11-20(28)31-16/h5,7,13-14,16-19,21,27H,6,8-12H2,1-4H3,(H,24,29)(H,25,30)/b7-5+/t16-,17-,18-,19+,21-/m1/s1. The molecule has 3 N–H and O–H groups in total. The maximum Gasteiger partial charge on any atom is 0.309 e. The highest BCUT2D eigenvalue weighted by Crippen LogP contribution is 2.25. The number of esters is 1. The SMILES string of the molecule is CC(C)[C@H]1NC(=O)[C@H]2CSSCC/C=C/[C@H](CC(=O)C[C@H](C(C)C)C(=O)N2)OC(=O)C[C@@H]1O. The van der Waals surface area contributed by atoms with Gasteiger partial charge in [-0.1, -0.05) is 55.4 Å². The van der Waals surface area contributed by atoms with Crippen molar-refractivity contribution in [2.75, 3.05) is 11.5 Å². The van der Waals surface area contributed by atoms with E-state index >= 15 is 0 Å². The highest BCUT2D eigenvalue weighted by Gasteiger charge is 2.34. The van der Waals surface area contributed by atoms with Gasteiger partial charge in [-0.15, -0.1) is 0 Å². The zero-order valence-corrected chi connectivity index (χ0v) is 21.4. The molecular weight excluding hydrogens is 464 g/mol. The predicted molar refractivity (Wildman–Crippen MR) is 130 cm³/mol. The molecule has 0 aromatic carbocycles. The van der Waals surface area contributed by atoms with Gasteiger partial charge in [-0.05, 0) is 24.3 Å². The monoisotopic (exact) mass is 500 g/mol. The van der Waals surface area contributed by atoms with Gasteiger partial charge < -0.3 is 20.5 Å². The second kappa shape index (κ2) is 13.4. The van der Waals surface area contributed by atoms with Crippen molar-refractivity contribution in [3.05, 3.63) is 12.2 Å². The van der Waals surface area contributed by atoms with Crippen molar-refractivity contribution in [1.82, 2.24) is 10.6 Å². The Labute approximate surface area is 203 Å². The molecule has 2 aliphatic rings. The van der Waals surface area contributed by atoms with Crippen LogP contribution in [0.4, 0.5) is 0 Å². The minimum atomic E-state index is -1.17. The number of hydrogen-bond donors (Lipinski definition) is 3. The van der Waals surface area contributed by atoms with E-state index < -0.39 is 42.1 Å². The summed E-state index contributed by atoms with van der Waals surface area (Å²) >= 11 is 0. The van der Waals surface area contributed by atoms with Crippen LogP contribution in [0, 0.1) is 17.8 Å². The Morgan fingerprint density at radius 2 is 1.70 bits per heavy atom. The van der Waals surface area contributed by atoms with E-state index in [2.05, 4.69) is 10.6 Å². The zero-order chi connectivity index (χ0) is 24.5. The van der Waals surface area contributed by atoms with Crippen LogP contribution in [0.25, 0.3) is 0 Å². The van der Waals surface area contributed by atoms with Crippen LogP contribution < -0.4 is 10.6 Å². The summed E-state index contributed by atoms with van der Waals surface area (Å²) in [5.74, 6) is -1.37. The Hall–Kier alpha value is -1.52. The molecule has 0 unspecified atom stereocenters. The molecule has 0 aromatic heterocycles. The van der Waals surface area contributed by atoms with Gasteiger partial charge in [0.25, 0.3) is 0 Å². The minimum Gasteiger partial charge on any atom is -0.458 e. The quantitative estimate of drug-likeness (QED) is 0.300. The summed E-state index contributed by atoms with van der Waals surface area (Å²) in [5, 5.41) is 16.4. The number of hydrogen-bond acceptors (Lipinski definition) is 8. The van der Waals surface area contributed by atoms with E-state index in [9.17, 15) is 24.3 Å². The van der Waals surface area contributed by atoms with Crippen molar-refractivity contribution < 1.29 is 29.0 Å². The molecule has 1 fully saturated rings. The van der Waals surface area contributed by atoms with Gasteiger partial charge in [-0.3, -0.25) is 19.2 Å². The van der Waals surface area contributed by atoms with Crippen LogP contribution in [0.15, 0.2) is 12.2 Å². The van der Waals surface area contributed by atoms with E-state index in [1.807, 2.05) is 33.8 Å². The predicted octanol–water partition coefficient (Wildman–Crippen LogP) is 2.25. The Bertz CT molecular complexity index is 742. The van der Waals surface area contributed by atoms with Crippen molar-refractivity contribution in [2.45, 2.75) is 77.7 Å². The molecule has 2 aliphatic heterocycles. The van der Waals surface area contributed by atoms with Gasteiger partial charge in [0.2, 0.25) is 11.8 Å². The third-order valence-corrected chi connectivity index (χ3v) is 8.23. The van der Waals surface area contributed by atoms with Gasteiger partial charge in [-0.25, -0.2) is 0 Å². The van der Waals surface area contributed by atoms with Crippen molar-refractivity contribution >= 4 is 45.2 Å². The molecule has 0 saturated carbocycles. The Morgan fingerprint density at radius 1 is 0.970 bits per heavy atom. The average molecular weight is 501 g/mol. The summed E-state index contributed by atoms with van der Waals surface area (Å²) in [7, 11) is 3.07. The first-order chi connectivity index (χ1) is 15.6. The zero-order valence-electron chi connectivity index (χ0n) is 19.7. The van der Waals surface area contributed by atoms with Gasteiger partial charge in [-0.2, -0.15) is 0 Å². The van der Waals surface area contributed by atoms with Gasteiger partial charge in [0.1, 0.15) is 17.9 Å². The number of allylic oxidation sites excluding steroid dienone is 1. The van der Waals surface area contributed by atoms with Crippen molar-refractivity contribution in [2.24, 2.45) is 17.8 Å². The fraction of sp³-hybridized carbons (Fsp3) is 0.739. The number of ketones is 1. The lowest BCUT2D eigenvalue weighted by Crippen LogP contribution is -2.56. The third-order valence-electron chi connectivity index (χ3n) is 5.79. The number of rotatable bonds is 2. The van der Waals surface area contributed by atoms with Crippen molar-refractivity contribution in [3.8, 4) is 0 Å². The molecule has 2 rings (SSSR count). The molecule has 0 spiro atoms. The number of fused-ring (bicyclic) bond motifs is 7. The minimum absolute atomic E-state index is 0.00112. The number of nitrogens with one attached hydrogen (secondary N) is 2. The summed E-state index contributed by atoms with van der Waals surface area (Å²) in [5.41, 5.74) is 0. The summed E-state index contributed by atoms with van der Waals surface area (Å²) < 4.78 is 5.53. The number of aliphatic hydroxyl groups excluding tert-OH is 1. The Kier molecular flexibility index (Phi) is 11.2. The van der Waals surface area contributed by atoms with Crippen molar-refractivity contribution in [3.63, 3.8) is 0 Å².